The Morgan fingerprint density at radius 3 is 2.59 bits per heavy atom. The lowest BCUT2D eigenvalue weighted by atomic mass is 10.1. The minimum atomic E-state index is -0.300. The summed E-state index contributed by atoms with van der Waals surface area (Å²) in [5.41, 5.74) is 1.82. The van der Waals surface area contributed by atoms with Gasteiger partial charge in [0, 0.05) is 18.7 Å². The molecule has 2 aliphatic heterocycles. The Morgan fingerprint density at radius 1 is 1.00 bits per heavy atom. The number of carbonyl (C=O) groups is 1. The van der Waals surface area contributed by atoms with Gasteiger partial charge in [0.25, 0.3) is 5.91 Å². The molecular weight excluding hydrogens is 391 g/mol. The Bertz CT molecular complexity index is 869. The number of fused-ring (bicyclic) bond motifs is 1. The zero-order valence-corrected chi connectivity index (χ0v) is 16.0. The van der Waals surface area contributed by atoms with Crippen LogP contribution in [0.2, 0.25) is 10.0 Å². The van der Waals surface area contributed by atoms with Gasteiger partial charge in [0.2, 0.25) is 0 Å². The van der Waals surface area contributed by atoms with E-state index < -0.39 is 0 Å². The van der Waals surface area contributed by atoms with E-state index in [0.29, 0.717) is 72.3 Å². The van der Waals surface area contributed by atoms with Crippen molar-refractivity contribution in [1.82, 2.24) is 0 Å². The molecule has 8 heteroatoms. The first-order valence-corrected chi connectivity index (χ1v) is 9.41. The number of amides is 1. The van der Waals surface area contributed by atoms with Gasteiger partial charge in [0.15, 0.2) is 11.5 Å². The summed E-state index contributed by atoms with van der Waals surface area (Å²) in [6, 6.07) is 8.65. The normalized spacial score (nSPS) is 16.1. The van der Waals surface area contributed by atoms with Crippen LogP contribution in [0.5, 0.6) is 11.5 Å². The zero-order chi connectivity index (χ0) is 18.8. The molecule has 0 radical (unpaired) electrons. The van der Waals surface area contributed by atoms with E-state index in [-0.39, 0.29) is 5.91 Å². The summed E-state index contributed by atoms with van der Waals surface area (Å²) in [4.78, 5) is 15.0. The lowest BCUT2D eigenvalue weighted by molar-refractivity contribution is 0.102. The van der Waals surface area contributed by atoms with Crippen molar-refractivity contribution >= 4 is 40.5 Å². The molecule has 2 aromatic rings. The SMILES string of the molecule is O=C(Nc1cccc(Cl)c1N1CCOCC1)c1cc(Cl)c2c(c1)OCCO2. The molecule has 1 amide bonds. The first-order valence-electron chi connectivity index (χ1n) is 8.65. The van der Waals surface area contributed by atoms with E-state index in [0.717, 1.165) is 5.69 Å². The molecule has 0 unspecified atom stereocenters. The van der Waals surface area contributed by atoms with Gasteiger partial charge in [0.05, 0.1) is 34.6 Å². The summed E-state index contributed by atoms with van der Waals surface area (Å²) in [6.45, 7) is 3.52. The summed E-state index contributed by atoms with van der Waals surface area (Å²) < 4.78 is 16.5. The van der Waals surface area contributed by atoms with Gasteiger partial charge in [-0.15, -0.1) is 0 Å². The van der Waals surface area contributed by atoms with Crippen molar-refractivity contribution in [2.45, 2.75) is 0 Å². The summed E-state index contributed by atoms with van der Waals surface area (Å²) in [6.07, 6.45) is 0. The van der Waals surface area contributed by atoms with Crippen LogP contribution in [0, 0.1) is 0 Å². The molecule has 2 aromatic carbocycles. The molecular formula is C19H18Cl2N2O4. The van der Waals surface area contributed by atoms with Crippen LogP contribution in [0.1, 0.15) is 10.4 Å². The van der Waals surface area contributed by atoms with Crippen LogP contribution in [0.25, 0.3) is 0 Å². The second kappa shape index (κ2) is 7.84. The molecule has 0 atom stereocenters. The van der Waals surface area contributed by atoms with E-state index in [1.807, 2.05) is 12.1 Å². The van der Waals surface area contributed by atoms with E-state index in [1.54, 1.807) is 18.2 Å². The Hall–Kier alpha value is -2.15. The fourth-order valence-electron chi connectivity index (χ4n) is 3.16. The van der Waals surface area contributed by atoms with Crippen LogP contribution in [-0.2, 0) is 4.74 Å². The van der Waals surface area contributed by atoms with Gasteiger partial charge in [0.1, 0.15) is 13.2 Å². The minimum Gasteiger partial charge on any atom is -0.486 e. The molecule has 0 aliphatic carbocycles. The largest absolute Gasteiger partial charge is 0.486 e. The van der Waals surface area contributed by atoms with Gasteiger partial charge >= 0.3 is 0 Å². The molecule has 27 heavy (non-hydrogen) atoms. The fraction of sp³-hybridized carbons (Fsp3) is 0.316. The van der Waals surface area contributed by atoms with E-state index in [2.05, 4.69) is 10.2 Å². The van der Waals surface area contributed by atoms with Crippen LogP contribution in [0.3, 0.4) is 0 Å². The lowest BCUT2D eigenvalue weighted by Gasteiger charge is -2.31. The first kappa shape index (κ1) is 18.2. The Kier molecular flexibility index (Phi) is 5.29. The number of anilines is 2. The number of nitrogens with one attached hydrogen (secondary N) is 1. The molecule has 4 rings (SSSR count). The number of para-hydroxylation sites is 1. The molecule has 0 saturated carbocycles. The highest BCUT2D eigenvalue weighted by molar-refractivity contribution is 6.34. The Morgan fingerprint density at radius 2 is 1.78 bits per heavy atom. The summed E-state index contributed by atoms with van der Waals surface area (Å²) in [5.74, 6) is 0.639. The standard InChI is InChI=1S/C19H18Cl2N2O4/c20-13-2-1-3-15(17(13)23-4-6-25-7-5-23)22-19(24)12-10-14(21)18-16(11-12)26-8-9-27-18/h1-3,10-11H,4-9H2,(H,22,24). The molecule has 0 aromatic heterocycles. The third kappa shape index (κ3) is 3.78. The van der Waals surface area contributed by atoms with Gasteiger partial charge in [-0.25, -0.2) is 0 Å². The predicted octanol–water partition coefficient (Wildman–Crippen LogP) is 3.85. The smallest absolute Gasteiger partial charge is 0.255 e. The molecule has 6 nitrogen and oxygen atoms in total. The number of morpholine rings is 1. The predicted molar refractivity (Wildman–Crippen MR) is 105 cm³/mol. The fourth-order valence-corrected chi connectivity index (χ4v) is 3.72. The number of hydrogen-bond acceptors (Lipinski definition) is 5. The molecule has 0 spiro atoms. The van der Waals surface area contributed by atoms with Crippen LogP contribution in [-0.4, -0.2) is 45.4 Å². The minimum absolute atomic E-state index is 0.300. The van der Waals surface area contributed by atoms with Gasteiger partial charge < -0.3 is 24.4 Å². The average molecular weight is 409 g/mol. The summed E-state index contributed by atoms with van der Waals surface area (Å²) >= 11 is 12.7. The average Bonchev–Trinajstić information content (AvgIpc) is 2.69. The van der Waals surface area contributed by atoms with Crippen LogP contribution in [0.4, 0.5) is 11.4 Å². The number of halogens is 2. The van der Waals surface area contributed by atoms with Gasteiger partial charge in [-0.3, -0.25) is 4.79 Å². The number of carbonyl (C=O) groups excluding carboxylic acids is 1. The zero-order valence-electron chi connectivity index (χ0n) is 14.5. The highest BCUT2D eigenvalue weighted by Gasteiger charge is 2.22. The van der Waals surface area contributed by atoms with Crippen LogP contribution < -0.4 is 19.7 Å². The highest BCUT2D eigenvalue weighted by Crippen LogP contribution is 2.39. The van der Waals surface area contributed by atoms with E-state index in [4.69, 9.17) is 37.4 Å². The van der Waals surface area contributed by atoms with Crippen molar-refractivity contribution in [1.29, 1.82) is 0 Å². The van der Waals surface area contributed by atoms with Crippen LogP contribution in [0.15, 0.2) is 30.3 Å². The van der Waals surface area contributed by atoms with E-state index in [1.165, 1.54) is 0 Å². The van der Waals surface area contributed by atoms with E-state index in [9.17, 15) is 4.79 Å². The van der Waals surface area contributed by atoms with Crippen molar-refractivity contribution in [3.63, 3.8) is 0 Å². The third-order valence-corrected chi connectivity index (χ3v) is 5.01. The summed E-state index contributed by atoms with van der Waals surface area (Å²) in [7, 11) is 0. The van der Waals surface area contributed by atoms with Crippen molar-refractivity contribution in [2.24, 2.45) is 0 Å². The second-order valence-electron chi connectivity index (χ2n) is 6.17. The maximum absolute atomic E-state index is 12.8. The topological polar surface area (TPSA) is 60.0 Å². The van der Waals surface area contributed by atoms with Crippen molar-refractivity contribution in [3.8, 4) is 11.5 Å². The molecule has 0 bridgehead atoms. The number of rotatable bonds is 3. The molecule has 1 N–H and O–H groups in total. The molecule has 2 heterocycles. The number of hydrogen-bond donors (Lipinski definition) is 1. The maximum Gasteiger partial charge on any atom is 0.255 e. The van der Waals surface area contributed by atoms with Gasteiger partial charge in [-0.2, -0.15) is 0 Å². The van der Waals surface area contributed by atoms with Crippen LogP contribution >= 0.6 is 23.2 Å². The van der Waals surface area contributed by atoms with Crippen molar-refractivity contribution in [3.05, 3.63) is 45.9 Å². The number of nitrogens with zero attached hydrogens (tertiary/aromatic N) is 1. The van der Waals surface area contributed by atoms with E-state index >= 15 is 0 Å². The molecule has 1 saturated heterocycles. The quantitative estimate of drug-likeness (QED) is 0.835. The van der Waals surface area contributed by atoms with Crippen molar-refractivity contribution < 1.29 is 19.0 Å². The summed E-state index contributed by atoms with van der Waals surface area (Å²) in [5, 5.41) is 3.86. The Labute approximate surface area is 166 Å². The van der Waals surface area contributed by atoms with Gasteiger partial charge in [-0.05, 0) is 24.3 Å². The van der Waals surface area contributed by atoms with Gasteiger partial charge in [-0.1, -0.05) is 29.3 Å². The highest BCUT2D eigenvalue weighted by atomic mass is 35.5. The lowest BCUT2D eigenvalue weighted by Crippen LogP contribution is -2.37. The number of benzene rings is 2. The van der Waals surface area contributed by atoms with Crippen molar-refractivity contribution in [2.75, 3.05) is 49.7 Å². The maximum atomic E-state index is 12.8. The number of ether oxygens (including phenoxy) is 3. The first-order chi connectivity index (χ1) is 13.1. The second-order valence-corrected chi connectivity index (χ2v) is 6.99. The monoisotopic (exact) mass is 408 g/mol. The molecule has 142 valence electrons. The molecule has 2 aliphatic rings. The Balaban J connectivity index is 1.62. The third-order valence-electron chi connectivity index (χ3n) is 4.42. The molecule has 1 fully saturated rings.